The second-order valence-electron chi connectivity index (χ2n) is 5.45. The number of rotatable bonds is 5. The molecule has 0 aromatic carbocycles. The lowest BCUT2D eigenvalue weighted by Crippen LogP contribution is -2.45. The van der Waals surface area contributed by atoms with Gasteiger partial charge < -0.3 is 10.4 Å². The van der Waals surface area contributed by atoms with Gasteiger partial charge >= 0.3 is 11.7 Å². The molecule has 114 valence electrons. The number of carbonyl (C=O) groups excluding carboxylic acids is 1. The van der Waals surface area contributed by atoms with Gasteiger partial charge in [0.05, 0.1) is 5.41 Å². The Morgan fingerprint density at radius 3 is 2.67 bits per heavy atom. The van der Waals surface area contributed by atoms with Crippen LogP contribution in [-0.4, -0.2) is 33.1 Å². The number of nitrogens with one attached hydrogen (secondary N) is 1. The first-order valence-corrected chi connectivity index (χ1v) is 7.05. The van der Waals surface area contributed by atoms with Crippen molar-refractivity contribution >= 4 is 11.9 Å². The second kappa shape index (κ2) is 6.51. The molecular formula is C14H19N3O4. The fourth-order valence-electron chi connectivity index (χ4n) is 2.68. The van der Waals surface area contributed by atoms with E-state index in [9.17, 15) is 19.5 Å². The Morgan fingerprint density at radius 2 is 2.05 bits per heavy atom. The molecule has 1 aliphatic rings. The van der Waals surface area contributed by atoms with Crippen molar-refractivity contribution in [2.45, 2.75) is 38.6 Å². The number of carbonyl (C=O) groups is 2. The van der Waals surface area contributed by atoms with Gasteiger partial charge in [-0.3, -0.25) is 14.2 Å². The first-order chi connectivity index (χ1) is 10.0. The summed E-state index contributed by atoms with van der Waals surface area (Å²) in [5, 5.41) is 12.1. The molecule has 7 nitrogen and oxygen atoms in total. The smallest absolute Gasteiger partial charge is 0.347 e. The molecular weight excluding hydrogens is 274 g/mol. The molecule has 0 saturated heterocycles. The molecule has 1 heterocycles. The van der Waals surface area contributed by atoms with Crippen molar-refractivity contribution in [1.29, 1.82) is 0 Å². The van der Waals surface area contributed by atoms with Crippen LogP contribution in [0.5, 0.6) is 0 Å². The first kappa shape index (κ1) is 15.2. The highest BCUT2D eigenvalue weighted by molar-refractivity contribution is 5.79. The van der Waals surface area contributed by atoms with Crippen LogP contribution in [0.1, 0.15) is 32.1 Å². The van der Waals surface area contributed by atoms with Crippen molar-refractivity contribution in [3.63, 3.8) is 0 Å². The van der Waals surface area contributed by atoms with Crippen molar-refractivity contribution in [2.75, 3.05) is 6.54 Å². The van der Waals surface area contributed by atoms with Crippen molar-refractivity contribution in [2.24, 2.45) is 5.41 Å². The van der Waals surface area contributed by atoms with Crippen molar-refractivity contribution in [3.8, 4) is 0 Å². The number of nitrogens with zero attached hydrogens (tertiary/aromatic N) is 2. The highest BCUT2D eigenvalue weighted by Crippen LogP contribution is 2.35. The molecule has 1 aromatic rings. The van der Waals surface area contributed by atoms with E-state index < -0.39 is 17.1 Å². The standard InChI is InChI=1S/C14H19N3O4/c18-11(9-17-8-4-7-15-13(17)21)16-10-14(12(19)20)5-2-1-3-6-14/h4,7-8H,1-3,5-6,9-10H2,(H,16,18)(H,19,20). The molecule has 21 heavy (non-hydrogen) atoms. The highest BCUT2D eigenvalue weighted by Gasteiger charge is 2.39. The lowest BCUT2D eigenvalue weighted by Gasteiger charge is -2.33. The minimum Gasteiger partial charge on any atom is -0.481 e. The van der Waals surface area contributed by atoms with Crippen LogP contribution in [0.3, 0.4) is 0 Å². The SMILES string of the molecule is O=C(Cn1cccnc1=O)NCC1(C(=O)O)CCCCC1. The van der Waals surface area contributed by atoms with E-state index in [0.717, 1.165) is 19.3 Å². The average molecular weight is 293 g/mol. The summed E-state index contributed by atoms with van der Waals surface area (Å²) in [7, 11) is 0. The molecule has 0 radical (unpaired) electrons. The van der Waals surface area contributed by atoms with E-state index in [1.165, 1.54) is 17.0 Å². The van der Waals surface area contributed by atoms with Crippen molar-refractivity contribution in [1.82, 2.24) is 14.9 Å². The maximum atomic E-state index is 11.9. The third kappa shape index (κ3) is 3.68. The van der Waals surface area contributed by atoms with Gasteiger partial charge in [0.25, 0.3) is 0 Å². The predicted molar refractivity (Wildman–Crippen MR) is 74.7 cm³/mol. The van der Waals surface area contributed by atoms with Gasteiger partial charge in [0.1, 0.15) is 6.54 Å². The van der Waals surface area contributed by atoms with Crippen LogP contribution in [-0.2, 0) is 16.1 Å². The summed E-state index contributed by atoms with van der Waals surface area (Å²) in [6.45, 7) is -0.0431. The van der Waals surface area contributed by atoms with Gasteiger partial charge in [-0.1, -0.05) is 19.3 Å². The maximum absolute atomic E-state index is 11.9. The molecule has 0 aliphatic heterocycles. The van der Waals surface area contributed by atoms with E-state index in [0.29, 0.717) is 12.8 Å². The van der Waals surface area contributed by atoms with Gasteiger partial charge in [0, 0.05) is 18.9 Å². The van der Waals surface area contributed by atoms with Crippen molar-refractivity contribution < 1.29 is 14.7 Å². The predicted octanol–water partition coefficient (Wildman–Crippen LogP) is 0.395. The molecule has 1 aliphatic carbocycles. The van der Waals surface area contributed by atoms with Gasteiger partial charge in [-0.15, -0.1) is 0 Å². The van der Waals surface area contributed by atoms with Gasteiger partial charge in [-0.2, -0.15) is 0 Å². The molecule has 2 rings (SSSR count). The Morgan fingerprint density at radius 1 is 1.33 bits per heavy atom. The maximum Gasteiger partial charge on any atom is 0.347 e. The minimum atomic E-state index is -0.867. The topological polar surface area (TPSA) is 101 Å². The Bertz CT molecular complexity index is 576. The van der Waals surface area contributed by atoms with Crippen LogP contribution in [0.15, 0.2) is 23.3 Å². The van der Waals surface area contributed by atoms with Crippen LogP contribution in [0.4, 0.5) is 0 Å². The molecule has 1 aromatic heterocycles. The molecule has 7 heteroatoms. The summed E-state index contributed by atoms with van der Waals surface area (Å²) >= 11 is 0. The summed E-state index contributed by atoms with van der Waals surface area (Å²) in [6, 6.07) is 1.56. The van der Waals surface area contributed by atoms with E-state index in [1.807, 2.05) is 0 Å². The third-order valence-electron chi connectivity index (χ3n) is 3.98. The van der Waals surface area contributed by atoms with Gasteiger partial charge in [0.2, 0.25) is 5.91 Å². The fourth-order valence-corrected chi connectivity index (χ4v) is 2.68. The summed E-state index contributed by atoms with van der Waals surface area (Å²) in [5.74, 6) is -1.24. The van der Waals surface area contributed by atoms with E-state index in [-0.39, 0.29) is 19.0 Å². The van der Waals surface area contributed by atoms with E-state index in [4.69, 9.17) is 0 Å². The molecule has 1 amide bonds. The van der Waals surface area contributed by atoms with Crippen molar-refractivity contribution in [3.05, 3.63) is 28.9 Å². The number of aliphatic carboxylic acids is 1. The minimum absolute atomic E-state index is 0.107. The second-order valence-corrected chi connectivity index (χ2v) is 5.45. The Balaban J connectivity index is 1.95. The number of hydrogen-bond acceptors (Lipinski definition) is 4. The number of carboxylic acid groups (broad SMARTS) is 1. The van der Waals surface area contributed by atoms with Crippen LogP contribution in [0.2, 0.25) is 0 Å². The number of hydrogen-bond donors (Lipinski definition) is 2. The van der Waals surface area contributed by atoms with Crippen LogP contribution in [0.25, 0.3) is 0 Å². The largest absolute Gasteiger partial charge is 0.481 e. The molecule has 1 saturated carbocycles. The zero-order chi connectivity index (χ0) is 15.3. The molecule has 0 bridgehead atoms. The number of carboxylic acids is 1. The number of aromatic nitrogens is 2. The third-order valence-corrected chi connectivity index (χ3v) is 3.98. The van der Waals surface area contributed by atoms with Crippen LogP contribution in [0, 0.1) is 5.41 Å². The number of amides is 1. The molecule has 0 atom stereocenters. The average Bonchev–Trinajstić information content (AvgIpc) is 2.48. The Hall–Kier alpha value is -2.18. The summed E-state index contributed by atoms with van der Waals surface area (Å²) < 4.78 is 1.18. The van der Waals surface area contributed by atoms with Gasteiger partial charge in [-0.05, 0) is 18.9 Å². The van der Waals surface area contributed by atoms with E-state index in [1.54, 1.807) is 6.07 Å². The molecule has 0 unspecified atom stereocenters. The molecule has 2 N–H and O–H groups in total. The quantitative estimate of drug-likeness (QED) is 0.818. The molecule has 1 fully saturated rings. The van der Waals surface area contributed by atoms with Gasteiger partial charge in [-0.25, -0.2) is 9.78 Å². The molecule has 0 spiro atoms. The highest BCUT2D eigenvalue weighted by atomic mass is 16.4. The Kier molecular flexibility index (Phi) is 4.72. The van der Waals surface area contributed by atoms with E-state index in [2.05, 4.69) is 10.3 Å². The summed E-state index contributed by atoms with van der Waals surface area (Å²) in [6.07, 6.45) is 6.76. The lowest BCUT2D eigenvalue weighted by atomic mass is 9.74. The normalized spacial score (nSPS) is 17.1. The van der Waals surface area contributed by atoms with Crippen LogP contribution < -0.4 is 11.0 Å². The fraction of sp³-hybridized carbons (Fsp3) is 0.571. The monoisotopic (exact) mass is 293 g/mol. The Labute approximate surface area is 122 Å². The van der Waals surface area contributed by atoms with E-state index >= 15 is 0 Å². The van der Waals surface area contributed by atoms with Crippen LogP contribution >= 0.6 is 0 Å². The summed E-state index contributed by atoms with van der Waals surface area (Å²) in [5.41, 5.74) is -1.37. The zero-order valence-corrected chi connectivity index (χ0v) is 11.7. The lowest BCUT2D eigenvalue weighted by molar-refractivity contribution is -0.151. The zero-order valence-electron chi connectivity index (χ0n) is 11.7. The first-order valence-electron chi connectivity index (χ1n) is 7.05. The summed E-state index contributed by atoms with van der Waals surface area (Å²) in [4.78, 5) is 38.3. The van der Waals surface area contributed by atoms with Gasteiger partial charge in [0.15, 0.2) is 0 Å².